The Bertz CT molecular complexity index is 1080. The van der Waals surface area contributed by atoms with Gasteiger partial charge in [-0.05, 0) is 40.5 Å². The zero-order chi connectivity index (χ0) is 23.2. The van der Waals surface area contributed by atoms with E-state index in [4.69, 9.17) is 14.2 Å². The number of ether oxygens (including phenoxy) is 3. The van der Waals surface area contributed by atoms with Crippen molar-refractivity contribution in [2.45, 2.75) is 19.4 Å². The van der Waals surface area contributed by atoms with Gasteiger partial charge in [0.05, 0.1) is 21.3 Å². The number of carbonyl (C=O) groups is 1. The van der Waals surface area contributed by atoms with Crippen LogP contribution in [0.1, 0.15) is 17.5 Å². The molecule has 174 valence electrons. The summed E-state index contributed by atoms with van der Waals surface area (Å²) in [4.78, 5) is 17.3. The molecule has 0 aliphatic carbocycles. The predicted molar refractivity (Wildman–Crippen MR) is 130 cm³/mol. The quantitative estimate of drug-likeness (QED) is 0.518. The van der Waals surface area contributed by atoms with E-state index in [1.54, 1.807) is 21.3 Å². The summed E-state index contributed by atoms with van der Waals surface area (Å²) >= 11 is 0. The minimum Gasteiger partial charge on any atom is -0.493 e. The van der Waals surface area contributed by atoms with E-state index < -0.39 is 0 Å². The number of benzene rings is 3. The first kappa shape index (κ1) is 22.9. The van der Waals surface area contributed by atoms with Crippen LogP contribution in [-0.2, 0) is 17.8 Å². The number of rotatable bonds is 8. The van der Waals surface area contributed by atoms with Crippen molar-refractivity contribution in [1.29, 1.82) is 0 Å². The molecule has 6 nitrogen and oxygen atoms in total. The van der Waals surface area contributed by atoms with Crippen LogP contribution in [0.15, 0.2) is 54.6 Å². The first-order valence-corrected chi connectivity index (χ1v) is 11.4. The molecular weight excluding hydrogens is 416 g/mol. The van der Waals surface area contributed by atoms with Crippen molar-refractivity contribution >= 4 is 16.7 Å². The van der Waals surface area contributed by atoms with E-state index in [2.05, 4.69) is 47.4 Å². The summed E-state index contributed by atoms with van der Waals surface area (Å²) in [6.45, 7) is 4.21. The van der Waals surface area contributed by atoms with Crippen LogP contribution in [0, 0.1) is 0 Å². The van der Waals surface area contributed by atoms with Crippen molar-refractivity contribution in [1.82, 2.24) is 9.80 Å². The third kappa shape index (κ3) is 5.22. The number of methoxy groups -OCH3 is 3. The lowest BCUT2D eigenvalue weighted by atomic mass is 10.0. The Labute approximate surface area is 195 Å². The molecule has 6 heteroatoms. The lowest BCUT2D eigenvalue weighted by molar-refractivity contribution is -0.133. The molecule has 0 atom stereocenters. The second-order valence-corrected chi connectivity index (χ2v) is 8.33. The number of fused-ring (bicyclic) bond motifs is 1. The third-order valence-corrected chi connectivity index (χ3v) is 6.35. The molecule has 4 rings (SSSR count). The van der Waals surface area contributed by atoms with Gasteiger partial charge in [-0.1, -0.05) is 42.5 Å². The van der Waals surface area contributed by atoms with Crippen LogP contribution < -0.4 is 14.2 Å². The molecule has 3 aromatic rings. The van der Waals surface area contributed by atoms with E-state index in [0.29, 0.717) is 30.1 Å². The maximum atomic E-state index is 12.9. The van der Waals surface area contributed by atoms with Gasteiger partial charge in [-0.2, -0.15) is 0 Å². The average molecular weight is 449 g/mol. The molecule has 1 aliphatic heterocycles. The van der Waals surface area contributed by atoms with Crippen LogP contribution in [0.2, 0.25) is 0 Å². The molecule has 33 heavy (non-hydrogen) atoms. The number of hydrogen-bond donors (Lipinski definition) is 0. The summed E-state index contributed by atoms with van der Waals surface area (Å²) < 4.78 is 16.2. The molecular formula is C27H32N2O4. The van der Waals surface area contributed by atoms with Crippen LogP contribution in [0.3, 0.4) is 0 Å². The minimum atomic E-state index is 0.188. The lowest BCUT2D eigenvalue weighted by Crippen LogP contribution is -2.48. The molecule has 0 saturated carbocycles. The van der Waals surface area contributed by atoms with Crippen molar-refractivity contribution in [3.63, 3.8) is 0 Å². The van der Waals surface area contributed by atoms with Crippen LogP contribution in [0.4, 0.5) is 0 Å². The molecule has 1 fully saturated rings. The second-order valence-electron chi connectivity index (χ2n) is 8.33. The van der Waals surface area contributed by atoms with Crippen molar-refractivity contribution in [2.24, 2.45) is 0 Å². The predicted octanol–water partition coefficient (Wildman–Crippen LogP) is 4.14. The SMILES string of the molecule is COc1cc(CCC(=O)N2CCN(Cc3cccc4ccccc34)CC2)cc(OC)c1OC. The molecule has 0 spiro atoms. The number of carbonyl (C=O) groups excluding carboxylic acids is 1. The molecule has 1 aliphatic rings. The maximum Gasteiger partial charge on any atom is 0.222 e. The molecule has 1 saturated heterocycles. The first-order chi connectivity index (χ1) is 16.1. The van der Waals surface area contributed by atoms with Gasteiger partial charge in [-0.25, -0.2) is 0 Å². The molecule has 1 heterocycles. The van der Waals surface area contributed by atoms with Crippen molar-refractivity contribution < 1.29 is 19.0 Å². The summed E-state index contributed by atoms with van der Waals surface area (Å²) in [7, 11) is 4.79. The zero-order valence-corrected chi connectivity index (χ0v) is 19.7. The Morgan fingerprint density at radius 2 is 1.52 bits per heavy atom. The third-order valence-electron chi connectivity index (χ3n) is 6.35. The van der Waals surface area contributed by atoms with Gasteiger partial charge in [-0.3, -0.25) is 9.69 Å². The van der Waals surface area contributed by atoms with Crippen molar-refractivity contribution in [2.75, 3.05) is 47.5 Å². The fourth-order valence-corrected chi connectivity index (χ4v) is 4.52. The number of nitrogens with zero attached hydrogens (tertiary/aromatic N) is 2. The van der Waals surface area contributed by atoms with E-state index in [-0.39, 0.29) is 5.91 Å². The highest BCUT2D eigenvalue weighted by Crippen LogP contribution is 2.38. The lowest BCUT2D eigenvalue weighted by Gasteiger charge is -2.35. The van der Waals surface area contributed by atoms with E-state index in [1.165, 1.54) is 16.3 Å². The van der Waals surface area contributed by atoms with E-state index in [0.717, 1.165) is 38.3 Å². The van der Waals surface area contributed by atoms with Crippen LogP contribution in [0.5, 0.6) is 17.2 Å². The second kappa shape index (κ2) is 10.6. The molecule has 0 N–H and O–H groups in total. The standard InChI is InChI=1S/C27H32N2O4/c1-31-24-17-20(18-25(32-2)27(24)33-3)11-12-26(30)29-15-13-28(14-16-29)19-22-9-6-8-21-7-4-5-10-23(21)22/h4-10,17-18H,11-16,19H2,1-3H3. The number of piperazine rings is 1. The summed E-state index contributed by atoms with van der Waals surface area (Å²) in [5.74, 6) is 1.98. The maximum absolute atomic E-state index is 12.9. The highest BCUT2D eigenvalue weighted by molar-refractivity contribution is 5.85. The number of amides is 1. The van der Waals surface area contributed by atoms with E-state index in [9.17, 15) is 4.79 Å². The van der Waals surface area contributed by atoms with E-state index >= 15 is 0 Å². The van der Waals surface area contributed by atoms with Crippen LogP contribution in [0.25, 0.3) is 10.8 Å². The van der Waals surface area contributed by atoms with Gasteiger partial charge in [0.1, 0.15) is 0 Å². The van der Waals surface area contributed by atoms with Gasteiger partial charge < -0.3 is 19.1 Å². The highest BCUT2D eigenvalue weighted by Gasteiger charge is 2.22. The molecule has 0 unspecified atom stereocenters. The average Bonchev–Trinajstić information content (AvgIpc) is 2.87. The van der Waals surface area contributed by atoms with E-state index in [1.807, 2.05) is 17.0 Å². The molecule has 0 aromatic heterocycles. The normalized spacial score (nSPS) is 14.3. The fourth-order valence-electron chi connectivity index (χ4n) is 4.52. The van der Waals surface area contributed by atoms with Gasteiger partial charge in [0.15, 0.2) is 11.5 Å². The minimum absolute atomic E-state index is 0.188. The first-order valence-electron chi connectivity index (χ1n) is 11.4. The van der Waals surface area contributed by atoms with Gasteiger partial charge in [0, 0.05) is 39.1 Å². The molecule has 0 radical (unpaired) electrons. The fraction of sp³-hybridized carbons (Fsp3) is 0.370. The Balaban J connectivity index is 1.32. The Morgan fingerprint density at radius 1 is 0.848 bits per heavy atom. The number of aryl methyl sites for hydroxylation is 1. The zero-order valence-electron chi connectivity index (χ0n) is 19.7. The largest absolute Gasteiger partial charge is 0.493 e. The summed E-state index contributed by atoms with van der Waals surface area (Å²) in [6.07, 6.45) is 1.09. The summed E-state index contributed by atoms with van der Waals surface area (Å²) in [5, 5.41) is 2.58. The van der Waals surface area contributed by atoms with Crippen molar-refractivity contribution in [3.8, 4) is 17.2 Å². The van der Waals surface area contributed by atoms with Gasteiger partial charge >= 0.3 is 0 Å². The molecule has 3 aromatic carbocycles. The van der Waals surface area contributed by atoms with Crippen LogP contribution >= 0.6 is 0 Å². The van der Waals surface area contributed by atoms with Crippen molar-refractivity contribution in [3.05, 3.63) is 65.7 Å². The molecule has 0 bridgehead atoms. The van der Waals surface area contributed by atoms with Crippen LogP contribution in [-0.4, -0.2) is 63.2 Å². The van der Waals surface area contributed by atoms with Gasteiger partial charge in [0.25, 0.3) is 0 Å². The van der Waals surface area contributed by atoms with Gasteiger partial charge in [0.2, 0.25) is 11.7 Å². The Morgan fingerprint density at radius 3 is 2.18 bits per heavy atom. The summed E-state index contributed by atoms with van der Waals surface area (Å²) in [5.41, 5.74) is 2.34. The topological polar surface area (TPSA) is 51.2 Å². The monoisotopic (exact) mass is 448 g/mol. The Hall–Kier alpha value is -3.25. The highest BCUT2D eigenvalue weighted by atomic mass is 16.5. The molecule has 1 amide bonds. The Kier molecular flexibility index (Phi) is 7.35. The number of hydrogen-bond acceptors (Lipinski definition) is 5. The smallest absolute Gasteiger partial charge is 0.222 e. The van der Waals surface area contributed by atoms with Gasteiger partial charge in [-0.15, -0.1) is 0 Å². The summed E-state index contributed by atoms with van der Waals surface area (Å²) in [6, 6.07) is 18.8.